The van der Waals surface area contributed by atoms with E-state index in [1.807, 2.05) is 19.9 Å². The number of terminal acetylenes is 1. The van der Waals surface area contributed by atoms with E-state index in [4.69, 9.17) is 6.42 Å². The Bertz CT molecular complexity index is 775. The summed E-state index contributed by atoms with van der Waals surface area (Å²) in [5, 5.41) is 0. The molecule has 1 aliphatic rings. The Morgan fingerprint density at radius 2 is 2.13 bits per heavy atom. The number of amides is 1. The predicted octanol–water partition coefficient (Wildman–Crippen LogP) is 1.53. The van der Waals surface area contributed by atoms with Crippen LogP contribution in [-0.4, -0.2) is 26.1 Å². The van der Waals surface area contributed by atoms with Gasteiger partial charge in [0.25, 0.3) is 0 Å². The number of carbonyl (C=O) groups excluding carboxylic acids is 1. The first-order valence-electron chi connectivity index (χ1n) is 7.33. The van der Waals surface area contributed by atoms with Crippen molar-refractivity contribution in [3.8, 4) is 12.3 Å². The Morgan fingerprint density at radius 1 is 1.43 bits per heavy atom. The molecule has 0 radical (unpaired) electrons. The van der Waals surface area contributed by atoms with Crippen LogP contribution < -0.4 is 10.9 Å². The second-order valence-corrected chi connectivity index (χ2v) is 7.67. The standard InChI is InChI=1S/C17H20N2O3S/c1-4-9-23(21,22)16-8-6-5-7-14(16)12(2)10-15-13(3)11-17(20)19-18-15/h1,5-8,10,13,15,18H,9,11H2,2-3H3,(H,19,20)/b12-10+. The maximum Gasteiger partial charge on any atom is 0.234 e. The van der Waals surface area contributed by atoms with Crippen molar-refractivity contribution in [1.82, 2.24) is 10.9 Å². The first kappa shape index (κ1) is 17.3. The Kier molecular flexibility index (Phi) is 5.24. The predicted molar refractivity (Wildman–Crippen MR) is 89.8 cm³/mol. The Morgan fingerprint density at radius 3 is 2.78 bits per heavy atom. The average molecular weight is 332 g/mol. The third-order valence-corrected chi connectivity index (χ3v) is 5.42. The lowest BCUT2D eigenvalue weighted by Crippen LogP contribution is -2.52. The van der Waals surface area contributed by atoms with Crippen molar-refractivity contribution in [2.45, 2.75) is 31.2 Å². The van der Waals surface area contributed by atoms with E-state index >= 15 is 0 Å². The number of hydrogen-bond acceptors (Lipinski definition) is 4. The molecule has 2 unspecified atom stereocenters. The van der Waals surface area contributed by atoms with Crippen LogP contribution in [0.25, 0.3) is 5.57 Å². The molecule has 2 N–H and O–H groups in total. The van der Waals surface area contributed by atoms with Crippen molar-refractivity contribution in [2.24, 2.45) is 5.92 Å². The second-order valence-electron chi connectivity index (χ2n) is 5.71. The molecule has 122 valence electrons. The zero-order valence-corrected chi connectivity index (χ0v) is 14.0. The van der Waals surface area contributed by atoms with E-state index in [-0.39, 0.29) is 28.5 Å². The van der Waals surface area contributed by atoms with Crippen LogP contribution in [-0.2, 0) is 14.6 Å². The van der Waals surface area contributed by atoms with E-state index in [1.54, 1.807) is 24.3 Å². The minimum Gasteiger partial charge on any atom is -0.291 e. The van der Waals surface area contributed by atoms with Gasteiger partial charge in [0.1, 0.15) is 5.75 Å². The molecular weight excluding hydrogens is 312 g/mol. The van der Waals surface area contributed by atoms with Gasteiger partial charge >= 0.3 is 0 Å². The molecule has 1 aromatic rings. The summed E-state index contributed by atoms with van der Waals surface area (Å²) in [4.78, 5) is 11.6. The van der Waals surface area contributed by atoms with Gasteiger partial charge in [-0.15, -0.1) is 6.42 Å². The molecule has 6 heteroatoms. The Hall–Kier alpha value is -2.10. The fourth-order valence-electron chi connectivity index (χ4n) is 2.59. The maximum absolute atomic E-state index is 12.3. The largest absolute Gasteiger partial charge is 0.291 e. The van der Waals surface area contributed by atoms with E-state index in [2.05, 4.69) is 16.8 Å². The zero-order valence-electron chi connectivity index (χ0n) is 13.2. The number of sulfone groups is 1. The summed E-state index contributed by atoms with van der Waals surface area (Å²) in [5.74, 6) is 1.94. The van der Waals surface area contributed by atoms with Crippen molar-refractivity contribution in [2.75, 3.05) is 5.75 Å². The van der Waals surface area contributed by atoms with Crippen LogP contribution in [0, 0.1) is 18.3 Å². The summed E-state index contributed by atoms with van der Waals surface area (Å²) < 4.78 is 24.6. The highest BCUT2D eigenvalue weighted by Gasteiger charge is 2.24. The van der Waals surface area contributed by atoms with Gasteiger partial charge < -0.3 is 0 Å². The number of carbonyl (C=O) groups is 1. The highest BCUT2D eigenvalue weighted by molar-refractivity contribution is 7.91. The van der Waals surface area contributed by atoms with E-state index < -0.39 is 9.84 Å². The molecule has 1 amide bonds. The van der Waals surface area contributed by atoms with Crippen LogP contribution in [0.2, 0.25) is 0 Å². The van der Waals surface area contributed by atoms with Crippen molar-refractivity contribution >= 4 is 21.3 Å². The quantitative estimate of drug-likeness (QED) is 0.820. The summed E-state index contributed by atoms with van der Waals surface area (Å²) in [6.07, 6.45) is 7.53. The fraction of sp³-hybridized carbons (Fsp3) is 0.353. The first-order chi connectivity index (χ1) is 10.8. The van der Waals surface area contributed by atoms with Gasteiger partial charge in [0.05, 0.1) is 4.90 Å². The second kappa shape index (κ2) is 6.99. The maximum atomic E-state index is 12.3. The molecule has 1 heterocycles. The van der Waals surface area contributed by atoms with E-state index in [0.717, 1.165) is 5.57 Å². The van der Waals surface area contributed by atoms with Crippen LogP contribution in [0.4, 0.5) is 0 Å². The zero-order chi connectivity index (χ0) is 17.0. The highest BCUT2D eigenvalue weighted by atomic mass is 32.2. The molecule has 0 aromatic heterocycles. The lowest BCUT2D eigenvalue weighted by Gasteiger charge is -2.28. The lowest BCUT2D eigenvalue weighted by molar-refractivity contribution is -0.125. The SMILES string of the molecule is C#CCS(=O)(=O)c1ccccc1/C(C)=C/C1NNC(=O)CC1C. The van der Waals surface area contributed by atoms with Crippen LogP contribution in [0.15, 0.2) is 35.2 Å². The summed E-state index contributed by atoms with van der Waals surface area (Å²) in [5.41, 5.74) is 7.01. The molecular formula is C17H20N2O3S. The molecule has 1 fully saturated rings. The van der Waals surface area contributed by atoms with Crippen molar-refractivity contribution < 1.29 is 13.2 Å². The summed E-state index contributed by atoms with van der Waals surface area (Å²) in [6, 6.07) is 6.75. The molecule has 0 saturated carbocycles. The normalized spacial score (nSPS) is 22.3. The number of hydrogen-bond donors (Lipinski definition) is 2. The third kappa shape index (κ3) is 4.01. The minimum absolute atomic E-state index is 0.0446. The third-order valence-electron chi connectivity index (χ3n) is 3.85. The molecule has 2 atom stereocenters. The van der Waals surface area contributed by atoms with E-state index in [0.29, 0.717) is 12.0 Å². The topological polar surface area (TPSA) is 75.3 Å². The van der Waals surface area contributed by atoms with Crippen molar-refractivity contribution in [3.63, 3.8) is 0 Å². The van der Waals surface area contributed by atoms with Crippen LogP contribution >= 0.6 is 0 Å². The van der Waals surface area contributed by atoms with Gasteiger partial charge in [0.2, 0.25) is 5.91 Å². The van der Waals surface area contributed by atoms with Crippen LogP contribution in [0.5, 0.6) is 0 Å². The highest BCUT2D eigenvalue weighted by Crippen LogP contribution is 2.26. The van der Waals surface area contributed by atoms with Gasteiger partial charge in [-0.25, -0.2) is 13.8 Å². The van der Waals surface area contributed by atoms with Gasteiger partial charge in [0, 0.05) is 12.5 Å². The summed E-state index contributed by atoms with van der Waals surface area (Å²) in [7, 11) is -3.52. The smallest absolute Gasteiger partial charge is 0.234 e. The Balaban J connectivity index is 2.37. The number of nitrogens with one attached hydrogen (secondary N) is 2. The number of allylic oxidation sites excluding steroid dienone is 1. The molecule has 0 bridgehead atoms. The van der Waals surface area contributed by atoms with Gasteiger partial charge in [-0.2, -0.15) is 0 Å². The Labute approximate surface area is 137 Å². The molecule has 0 aliphatic carbocycles. The van der Waals surface area contributed by atoms with Crippen molar-refractivity contribution in [3.05, 3.63) is 35.9 Å². The lowest BCUT2D eigenvalue weighted by atomic mass is 9.93. The molecule has 1 saturated heterocycles. The van der Waals surface area contributed by atoms with Crippen LogP contribution in [0.3, 0.4) is 0 Å². The summed E-state index contributed by atoms with van der Waals surface area (Å²) >= 11 is 0. The van der Waals surface area contributed by atoms with Gasteiger partial charge in [-0.1, -0.05) is 37.1 Å². The number of hydrazine groups is 1. The van der Waals surface area contributed by atoms with E-state index in [1.165, 1.54) is 0 Å². The van der Waals surface area contributed by atoms with Gasteiger partial charge in [-0.05, 0) is 30.0 Å². The monoisotopic (exact) mass is 332 g/mol. The van der Waals surface area contributed by atoms with Gasteiger partial charge in [-0.3, -0.25) is 10.2 Å². The number of benzene rings is 1. The number of rotatable bonds is 4. The fourth-order valence-corrected chi connectivity index (χ4v) is 3.82. The molecule has 23 heavy (non-hydrogen) atoms. The van der Waals surface area contributed by atoms with Crippen LogP contribution in [0.1, 0.15) is 25.8 Å². The minimum atomic E-state index is -3.52. The molecule has 0 spiro atoms. The average Bonchev–Trinajstić information content (AvgIpc) is 2.50. The molecule has 1 aliphatic heterocycles. The molecule has 5 nitrogen and oxygen atoms in total. The van der Waals surface area contributed by atoms with Crippen molar-refractivity contribution in [1.29, 1.82) is 0 Å². The summed E-state index contributed by atoms with van der Waals surface area (Å²) in [6.45, 7) is 3.83. The molecule has 1 aromatic carbocycles. The molecule has 2 rings (SSSR count). The van der Waals surface area contributed by atoms with E-state index in [9.17, 15) is 13.2 Å². The first-order valence-corrected chi connectivity index (χ1v) is 8.99. The van der Waals surface area contributed by atoms with Gasteiger partial charge in [0.15, 0.2) is 9.84 Å².